The lowest BCUT2D eigenvalue weighted by atomic mass is 10.1. The molecule has 0 saturated heterocycles. The number of nitrogen functional groups attached to an aromatic ring is 1. The number of carbonyl (C=O) groups is 1. The van der Waals surface area contributed by atoms with E-state index in [2.05, 4.69) is 20.3 Å². The molecule has 0 saturated carbocycles. The number of para-hydroxylation sites is 1. The number of carbonyl (C=O) groups excluding carboxylic acids is 1. The van der Waals surface area contributed by atoms with Crippen LogP contribution >= 0.6 is 11.3 Å². The number of aryl methyl sites for hydroxylation is 1. The summed E-state index contributed by atoms with van der Waals surface area (Å²) in [4.78, 5) is 25.9. The Hall–Kier alpha value is -4.04. The summed E-state index contributed by atoms with van der Waals surface area (Å²) in [5, 5.41) is 6.33. The molecule has 3 N–H and O–H groups in total. The van der Waals surface area contributed by atoms with Crippen LogP contribution in [0.15, 0.2) is 66.0 Å². The van der Waals surface area contributed by atoms with E-state index in [0.717, 1.165) is 21.0 Å². The van der Waals surface area contributed by atoms with Crippen LogP contribution in [0.25, 0.3) is 21.0 Å². The zero-order valence-electron chi connectivity index (χ0n) is 16.5. The van der Waals surface area contributed by atoms with Crippen molar-refractivity contribution in [3.8, 4) is 11.6 Å². The molecule has 8 heteroatoms. The molecular weight excluding hydrogens is 410 g/mol. The minimum absolute atomic E-state index is 0.0143. The number of fused-ring (bicyclic) bond motifs is 2. The molecule has 0 aliphatic carbocycles. The highest BCUT2D eigenvalue weighted by molar-refractivity contribution is 7.17. The van der Waals surface area contributed by atoms with Crippen LogP contribution in [0.5, 0.6) is 11.6 Å². The fraction of sp³-hybridized carbons (Fsp3) is 0.0435. The third-order valence-electron chi connectivity index (χ3n) is 4.79. The van der Waals surface area contributed by atoms with E-state index in [-0.39, 0.29) is 11.6 Å². The van der Waals surface area contributed by atoms with Crippen LogP contribution < -0.4 is 15.8 Å². The highest BCUT2D eigenvalue weighted by Crippen LogP contribution is 2.30. The van der Waals surface area contributed by atoms with E-state index in [0.29, 0.717) is 23.0 Å². The molecule has 31 heavy (non-hydrogen) atoms. The fourth-order valence-electron chi connectivity index (χ4n) is 3.26. The number of rotatable bonds is 4. The van der Waals surface area contributed by atoms with Gasteiger partial charge in [0, 0.05) is 11.5 Å². The molecule has 0 aliphatic heterocycles. The molecule has 0 atom stereocenters. The number of hydrogen-bond acceptors (Lipinski definition) is 7. The van der Waals surface area contributed by atoms with Crippen LogP contribution in [0, 0.1) is 6.92 Å². The van der Waals surface area contributed by atoms with Crippen molar-refractivity contribution < 1.29 is 9.53 Å². The van der Waals surface area contributed by atoms with Crippen molar-refractivity contribution in [3.63, 3.8) is 0 Å². The number of benzene rings is 2. The topological polar surface area (TPSA) is 103 Å². The SMILES string of the molecule is Cc1ccccc1Oc1cc2ccccc2c(NC(=O)c2nc(N)c3sccc3n2)n1. The second-order valence-electron chi connectivity index (χ2n) is 6.92. The van der Waals surface area contributed by atoms with Gasteiger partial charge >= 0.3 is 0 Å². The maximum atomic E-state index is 12.9. The van der Waals surface area contributed by atoms with E-state index in [1.165, 1.54) is 11.3 Å². The highest BCUT2D eigenvalue weighted by atomic mass is 32.1. The lowest BCUT2D eigenvalue weighted by Crippen LogP contribution is -2.17. The van der Waals surface area contributed by atoms with E-state index >= 15 is 0 Å². The van der Waals surface area contributed by atoms with Gasteiger partial charge in [-0.25, -0.2) is 9.97 Å². The zero-order valence-corrected chi connectivity index (χ0v) is 17.3. The molecule has 0 fully saturated rings. The normalized spacial score (nSPS) is 11.0. The van der Waals surface area contributed by atoms with Crippen LogP contribution in [0.1, 0.15) is 16.2 Å². The Morgan fingerprint density at radius 1 is 1.03 bits per heavy atom. The molecule has 0 spiro atoms. The van der Waals surface area contributed by atoms with Crippen LogP contribution in [0.2, 0.25) is 0 Å². The summed E-state index contributed by atoms with van der Waals surface area (Å²) in [5.74, 6) is 1.20. The van der Waals surface area contributed by atoms with Crippen molar-refractivity contribution in [2.45, 2.75) is 6.92 Å². The van der Waals surface area contributed by atoms with Crippen molar-refractivity contribution in [2.24, 2.45) is 0 Å². The van der Waals surface area contributed by atoms with Crippen LogP contribution in [0.3, 0.4) is 0 Å². The van der Waals surface area contributed by atoms with Gasteiger partial charge in [0.1, 0.15) is 17.4 Å². The second kappa shape index (κ2) is 7.66. The van der Waals surface area contributed by atoms with Crippen LogP contribution in [-0.4, -0.2) is 20.9 Å². The van der Waals surface area contributed by atoms with E-state index in [4.69, 9.17) is 10.5 Å². The van der Waals surface area contributed by atoms with E-state index in [1.807, 2.05) is 66.9 Å². The minimum atomic E-state index is -0.495. The first-order valence-corrected chi connectivity index (χ1v) is 10.4. The summed E-state index contributed by atoms with van der Waals surface area (Å²) < 4.78 is 6.76. The van der Waals surface area contributed by atoms with Gasteiger partial charge in [0.15, 0.2) is 0 Å². The third kappa shape index (κ3) is 3.64. The van der Waals surface area contributed by atoms with E-state index in [1.54, 1.807) is 6.07 Å². The van der Waals surface area contributed by atoms with Gasteiger partial charge in [-0.2, -0.15) is 4.98 Å². The first kappa shape index (κ1) is 19.0. The van der Waals surface area contributed by atoms with Crippen molar-refractivity contribution >= 4 is 49.9 Å². The minimum Gasteiger partial charge on any atom is -0.439 e. The maximum Gasteiger partial charge on any atom is 0.294 e. The number of nitrogens with two attached hydrogens (primary N) is 1. The molecule has 1 amide bonds. The van der Waals surface area contributed by atoms with Crippen molar-refractivity contribution in [1.29, 1.82) is 0 Å². The average molecular weight is 427 g/mol. The first-order valence-electron chi connectivity index (χ1n) is 9.54. The third-order valence-corrected chi connectivity index (χ3v) is 5.72. The molecule has 0 bridgehead atoms. The van der Waals surface area contributed by atoms with Crippen LogP contribution in [0.4, 0.5) is 11.6 Å². The molecule has 3 heterocycles. The smallest absolute Gasteiger partial charge is 0.294 e. The van der Waals surface area contributed by atoms with Crippen molar-refractivity contribution in [3.05, 3.63) is 77.4 Å². The predicted octanol–water partition coefficient (Wildman–Crippen LogP) is 5.17. The Balaban J connectivity index is 1.53. The number of thiophene rings is 1. The number of amides is 1. The monoisotopic (exact) mass is 427 g/mol. The van der Waals surface area contributed by atoms with Crippen molar-refractivity contribution in [2.75, 3.05) is 11.1 Å². The number of pyridine rings is 1. The summed E-state index contributed by atoms with van der Waals surface area (Å²) in [6.07, 6.45) is 0. The Morgan fingerprint density at radius 2 is 1.84 bits per heavy atom. The number of nitrogens with one attached hydrogen (secondary N) is 1. The molecule has 152 valence electrons. The fourth-order valence-corrected chi connectivity index (χ4v) is 3.99. The highest BCUT2D eigenvalue weighted by Gasteiger charge is 2.17. The lowest BCUT2D eigenvalue weighted by Gasteiger charge is -2.12. The standard InChI is InChI=1S/C23H17N5O2S/c1-13-6-2-5-9-17(13)30-18-12-14-7-3-4-8-15(14)21(26-18)28-23(29)22-25-16-10-11-31-19(16)20(24)27-22/h2-12H,1H3,(H2,24,25,27)(H,26,28,29). The maximum absolute atomic E-state index is 12.9. The molecule has 5 aromatic rings. The number of aromatic nitrogens is 3. The number of nitrogens with zero attached hydrogens (tertiary/aromatic N) is 3. The molecule has 0 radical (unpaired) electrons. The number of ether oxygens (including phenoxy) is 1. The molecular formula is C23H17N5O2S. The average Bonchev–Trinajstić information content (AvgIpc) is 3.25. The van der Waals surface area contributed by atoms with Gasteiger partial charge in [-0.1, -0.05) is 42.5 Å². The molecule has 5 rings (SSSR count). The van der Waals surface area contributed by atoms with Gasteiger partial charge in [-0.3, -0.25) is 4.79 Å². The summed E-state index contributed by atoms with van der Waals surface area (Å²) in [5.41, 5.74) is 7.61. The van der Waals surface area contributed by atoms with Crippen molar-refractivity contribution in [1.82, 2.24) is 15.0 Å². The Morgan fingerprint density at radius 3 is 2.71 bits per heavy atom. The summed E-state index contributed by atoms with van der Waals surface area (Å²) in [7, 11) is 0. The summed E-state index contributed by atoms with van der Waals surface area (Å²) in [6, 6.07) is 18.9. The zero-order chi connectivity index (χ0) is 21.4. The molecule has 2 aromatic carbocycles. The van der Waals surface area contributed by atoms with Gasteiger partial charge in [0.05, 0.1) is 10.2 Å². The lowest BCUT2D eigenvalue weighted by molar-refractivity contribution is 0.101. The molecule has 3 aromatic heterocycles. The van der Waals surface area contributed by atoms with Gasteiger partial charge in [0.25, 0.3) is 5.91 Å². The number of hydrogen-bond donors (Lipinski definition) is 2. The Labute approximate surface area is 181 Å². The second-order valence-corrected chi connectivity index (χ2v) is 7.84. The molecule has 0 aliphatic rings. The van der Waals surface area contributed by atoms with Gasteiger partial charge in [-0.05, 0) is 35.4 Å². The van der Waals surface area contributed by atoms with E-state index < -0.39 is 5.91 Å². The summed E-state index contributed by atoms with van der Waals surface area (Å²) >= 11 is 1.43. The van der Waals surface area contributed by atoms with Gasteiger partial charge in [0.2, 0.25) is 11.7 Å². The predicted molar refractivity (Wildman–Crippen MR) is 123 cm³/mol. The quantitative estimate of drug-likeness (QED) is 0.410. The first-order chi connectivity index (χ1) is 15.1. The number of anilines is 2. The van der Waals surface area contributed by atoms with Gasteiger partial charge < -0.3 is 15.8 Å². The Kier molecular flexibility index (Phi) is 4.68. The van der Waals surface area contributed by atoms with Gasteiger partial charge in [-0.15, -0.1) is 11.3 Å². The molecule has 7 nitrogen and oxygen atoms in total. The van der Waals surface area contributed by atoms with E-state index in [9.17, 15) is 4.79 Å². The largest absolute Gasteiger partial charge is 0.439 e. The van der Waals surface area contributed by atoms with Crippen LogP contribution in [-0.2, 0) is 0 Å². The summed E-state index contributed by atoms with van der Waals surface area (Å²) in [6.45, 7) is 1.96. The molecule has 0 unspecified atom stereocenters. The Bertz CT molecular complexity index is 1450.